The van der Waals surface area contributed by atoms with Gasteiger partial charge >= 0.3 is 0 Å². The van der Waals surface area contributed by atoms with E-state index in [-0.39, 0.29) is 0 Å². The van der Waals surface area contributed by atoms with Crippen LogP contribution in [0.1, 0.15) is 18.4 Å². The summed E-state index contributed by atoms with van der Waals surface area (Å²) in [5.74, 6) is 2.42. The topological polar surface area (TPSA) is 25.4 Å². The number of benzene rings is 1. The van der Waals surface area contributed by atoms with Gasteiger partial charge in [0.1, 0.15) is 5.75 Å². The molecule has 0 aliphatic carbocycles. The van der Waals surface area contributed by atoms with E-state index in [9.17, 15) is 0 Å². The van der Waals surface area contributed by atoms with E-state index >= 15 is 0 Å². The molecule has 4 atom stereocenters. The zero-order valence-electron chi connectivity index (χ0n) is 13.7. The molecular formula is C20H24N2O. The van der Waals surface area contributed by atoms with Crippen LogP contribution in [0.25, 0.3) is 10.9 Å². The van der Waals surface area contributed by atoms with Crippen molar-refractivity contribution >= 4 is 10.9 Å². The number of fused-ring (bicyclic) bond motifs is 4. The Labute approximate surface area is 138 Å². The highest BCUT2D eigenvalue weighted by molar-refractivity contribution is 5.83. The molecule has 3 heteroatoms. The molecule has 1 aromatic carbocycles. The Morgan fingerprint density at radius 1 is 1.39 bits per heavy atom. The second kappa shape index (κ2) is 5.97. The number of ether oxygens (including phenoxy) is 1. The lowest BCUT2D eigenvalue weighted by molar-refractivity contribution is 0.0196. The molecule has 4 heterocycles. The molecule has 23 heavy (non-hydrogen) atoms. The van der Waals surface area contributed by atoms with E-state index in [1.54, 1.807) is 7.11 Å². The Balaban J connectivity index is 1.62. The molecule has 4 unspecified atom stereocenters. The van der Waals surface area contributed by atoms with Crippen LogP contribution in [0.4, 0.5) is 0 Å². The first-order valence-electron chi connectivity index (χ1n) is 8.56. The molecule has 0 radical (unpaired) electrons. The maximum Gasteiger partial charge on any atom is 0.119 e. The summed E-state index contributed by atoms with van der Waals surface area (Å²) in [5.41, 5.74) is 2.45. The summed E-state index contributed by atoms with van der Waals surface area (Å²) in [6.45, 7) is 6.45. The molecule has 0 amide bonds. The van der Waals surface area contributed by atoms with Crippen molar-refractivity contribution in [3.63, 3.8) is 0 Å². The average Bonchev–Trinajstić information content (AvgIpc) is 2.62. The van der Waals surface area contributed by atoms with Crippen LogP contribution in [0.5, 0.6) is 5.75 Å². The van der Waals surface area contributed by atoms with Gasteiger partial charge in [-0.3, -0.25) is 9.88 Å². The lowest BCUT2D eigenvalue weighted by Crippen LogP contribution is -2.53. The van der Waals surface area contributed by atoms with Crippen LogP contribution >= 0.6 is 0 Å². The standard InChI is InChI=1S/C20H24N2O/c1-3-14-13-22-9-7-15(14)10-17(22)11-16-6-8-21-20-5-4-18(23-2)12-19(16)20/h3-6,8,12,14-15,17H,1,7,9-11,13H2,2H3. The second-order valence-electron chi connectivity index (χ2n) is 6.89. The van der Waals surface area contributed by atoms with E-state index < -0.39 is 0 Å². The molecule has 0 saturated carbocycles. The average molecular weight is 308 g/mol. The van der Waals surface area contributed by atoms with Gasteiger partial charge in [-0.05, 0) is 67.5 Å². The second-order valence-corrected chi connectivity index (χ2v) is 6.89. The lowest BCUT2D eigenvalue weighted by atomic mass is 9.74. The van der Waals surface area contributed by atoms with Crippen molar-refractivity contribution in [1.82, 2.24) is 9.88 Å². The predicted octanol–water partition coefficient (Wildman–Crippen LogP) is 3.68. The molecular weight excluding hydrogens is 284 g/mol. The molecule has 1 aromatic heterocycles. The third-order valence-electron chi connectivity index (χ3n) is 5.73. The van der Waals surface area contributed by atoms with Crippen LogP contribution in [0.15, 0.2) is 43.1 Å². The van der Waals surface area contributed by atoms with Crippen molar-refractivity contribution in [2.24, 2.45) is 11.8 Å². The highest BCUT2D eigenvalue weighted by Crippen LogP contribution is 2.38. The van der Waals surface area contributed by atoms with Crippen molar-refractivity contribution in [1.29, 1.82) is 0 Å². The Bertz CT molecular complexity index is 727. The summed E-state index contributed by atoms with van der Waals surface area (Å²) in [7, 11) is 1.72. The third-order valence-corrected chi connectivity index (χ3v) is 5.73. The fourth-order valence-corrected chi connectivity index (χ4v) is 4.40. The Kier molecular flexibility index (Phi) is 3.82. The summed E-state index contributed by atoms with van der Waals surface area (Å²) >= 11 is 0. The van der Waals surface area contributed by atoms with Crippen molar-refractivity contribution in [3.05, 3.63) is 48.7 Å². The highest BCUT2D eigenvalue weighted by atomic mass is 16.5. The smallest absolute Gasteiger partial charge is 0.119 e. The number of methoxy groups -OCH3 is 1. The van der Waals surface area contributed by atoms with Gasteiger partial charge in [0.05, 0.1) is 12.6 Å². The van der Waals surface area contributed by atoms with E-state index in [4.69, 9.17) is 4.74 Å². The number of hydrogen-bond acceptors (Lipinski definition) is 3. The molecule has 2 bridgehead atoms. The molecule has 3 saturated heterocycles. The van der Waals surface area contributed by atoms with Crippen LogP contribution in [-0.2, 0) is 6.42 Å². The molecule has 5 rings (SSSR count). The number of nitrogens with zero attached hydrogens (tertiary/aromatic N) is 2. The summed E-state index contributed by atoms with van der Waals surface area (Å²) in [6, 6.07) is 9.00. The van der Waals surface area contributed by atoms with Gasteiger partial charge < -0.3 is 4.74 Å². The van der Waals surface area contributed by atoms with Crippen LogP contribution in [0.3, 0.4) is 0 Å². The monoisotopic (exact) mass is 308 g/mol. The fourth-order valence-electron chi connectivity index (χ4n) is 4.40. The van der Waals surface area contributed by atoms with Gasteiger partial charge in [0, 0.05) is 24.2 Å². The molecule has 0 N–H and O–H groups in total. The van der Waals surface area contributed by atoms with E-state index in [0.29, 0.717) is 12.0 Å². The van der Waals surface area contributed by atoms with E-state index in [0.717, 1.165) is 23.6 Å². The molecule has 3 aliphatic heterocycles. The minimum absolute atomic E-state index is 0.654. The van der Waals surface area contributed by atoms with Crippen molar-refractivity contribution < 1.29 is 4.74 Å². The minimum Gasteiger partial charge on any atom is -0.497 e. The Hall–Kier alpha value is -1.87. The zero-order valence-corrected chi connectivity index (χ0v) is 13.7. The molecule has 0 spiro atoms. The fraction of sp³-hybridized carbons (Fsp3) is 0.450. The summed E-state index contributed by atoms with van der Waals surface area (Å²) < 4.78 is 5.40. The van der Waals surface area contributed by atoms with Crippen molar-refractivity contribution in [2.75, 3.05) is 20.2 Å². The summed E-state index contributed by atoms with van der Waals surface area (Å²) in [5, 5.41) is 1.23. The van der Waals surface area contributed by atoms with Crippen LogP contribution < -0.4 is 4.74 Å². The maximum atomic E-state index is 5.40. The molecule has 3 fully saturated rings. The number of hydrogen-bond donors (Lipinski definition) is 0. The number of rotatable bonds is 4. The maximum absolute atomic E-state index is 5.40. The van der Waals surface area contributed by atoms with Gasteiger partial charge in [-0.1, -0.05) is 6.08 Å². The van der Waals surface area contributed by atoms with E-state index in [1.165, 1.54) is 36.9 Å². The lowest BCUT2D eigenvalue weighted by Gasteiger charge is -2.49. The predicted molar refractivity (Wildman–Crippen MR) is 93.8 cm³/mol. The van der Waals surface area contributed by atoms with Crippen LogP contribution in [0.2, 0.25) is 0 Å². The van der Waals surface area contributed by atoms with Gasteiger partial charge in [-0.15, -0.1) is 6.58 Å². The molecule has 120 valence electrons. The van der Waals surface area contributed by atoms with Crippen LogP contribution in [0, 0.1) is 11.8 Å². The van der Waals surface area contributed by atoms with Gasteiger partial charge in [0.15, 0.2) is 0 Å². The number of aromatic nitrogens is 1. The van der Waals surface area contributed by atoms with Crippen LogP contribution in [-0.4, -0.2) is 36.1 Å². The highest BCUT2D eigenvalue weighted by Gasteiger charge is 2.38. The molecule has 2 aromatic rings. The summed E-state index contributed by atoms with van der Waals surface area (Å²) in [4.78, 5) is 7.17. The third kappa shape index (κ3) is 2.63. The van der Waals surface area contributed by atoms with Gasteiger partial charge in [0.2, 0.25) is 0 Å². The van der Waals surface area contributed by atoms with Gasteiger partial charge in [0.25, 0.3) is 0 Å². The van der Waals surface area contributed by atoms with Gasteiger partial charge in [-0.2, -0.15) is 0 Å². The minimum atomic E-state index is 0.654. The number of piperidine rings is 3. The summed E-state index contributed by atoms with van der Waals surface area (Å²) in [6.07, 6.45) is 7.84. The first kappa shape index (κ1) is 14.7. The Morgan fingerprint density at radius 2 is 2.30 bits per heavy atom. The van der Waals surface area contributed by atoms with Gasteiger partial charge in [-0.25, -0.2) is 0 Å². The van der Waals surface area contributed by atoms with Crippen molar-refractivity contribution in [3.8, 4) is 5.75 Å². The SMILES string of the molecule is C=CC1CN2CCC1CC2Cc1ccnc2ccc(OC)cc12. The molecule has 3 nitrogen and oxygen atoms in total. The number of pyridine rings is 1. The first-order chi connectivity index (χ1) is 11.3. The zero-order chi connectivity index (χ0) is 15.8. The first-order valence-corrected chi connectivity index (χ1v) is 8.56. The normalized spacial score (nSPS) is 29.6. The van der Waals surface area contributed by atoms with Crippen molar-refractivity contribution in [2.45, 2.75) is 25.3 Å². The van der Waals surface area contributed by atoms with E-state index in [2.05, 4.69) is 40.7 Å². The van der Waals surface area contributed by atoms with E-state index in [1.807, 2.05) is 12.3 Å². The largest absolute Gasteiger partial charge is 0.497 e. The Morgan fingerprint density at radius 3 is 3.04 bits per heavy atom. The molecule has 3 aliphatic rings. The quantitative estimate of drug-likeness (QED) is 0.806.